The molecule has 6 heteroatoms. The zero-order valence-electron chi connectivity index (χ0n) is 10.7. The number of anilines is 1. The van der Waals surface area contributed by atoms with Gasteiger partial charge in [0, 0.05) is 11.8 Å². The van der Waals surface area contributed by atoms with E-state index in [1.165, 1.54) is 11.3 Å². The van der Waals surface area contributed by atoms with E-state index in [1.54, 1.807) is 29.1 Å². The van der Waals surface area contributed by atoms with Crippen LogP contribution in [-0.4, -0.2) is 16.2 Å². The second kappa shape index (κ2) is 5.34. The molecule has 5 nitrogen and oxygen atoms in total. The molecule has 3 aromatic rings. The van der Waals surface area contributed by atoms with Gasteiger partial charge in [-0.05, 0) is 23.6 Å². The van der Waals surface area contributed by atoms with E-state index >= 15 is 0 Å². The van der Waals surface area contributed by atoms with Crippen LogP contribution in [-0.2, 0) is 6.54 Å². The molecule has 0 atom stereocenters. The van der Waals surface area contributed by atoms with Crippen LogP contribution in [0.1, 0.15) is 0 Å². The second-order valence-corrected chi connectivity index (χ2v) is 5.20. The van der Waals surface area contributed by atoms with Gasteiger partial charge < -0.3 is 10.5 Å². The first-order valence-corrected chi connectivity index (χ1v) is 7.03. The van der Waals surface area contributed by atoms with Gasteiger partial charge in [0.25, 0.3) is 5.56 Å². The maximum atomic E-state index is 12.1. The number of hydrogen-bond acceptors (Lipinski definition) is 5. The summed E-state index contributed by atoms with van der Waals surface area (Å²) in [5.41, 5.74) is 6.29. The van der Waals surface area contributed by atoms with E-state index in [0.717, 1.165) is 4.83 Å². The summed E-state index contributed by atoms with van der Waals surface area (Å²) in [6, 6.07) is 9.01. The molecule has 0 saturated heterocycles. The Hall–Kier alpha value is -2.34. The number of nitrogens with zero attached hydrogens (tertiary/aromatic N) is 2. The number of aromatic nitrogens is 2. The molecule has 3 rings (SSSR count). The van der Waals surface area contributed by atoms with Crippen LogP contribution >= 0.6 is 11.3 Å². The molecule has 2 aromatic heterocycles. The molecule has 0 fully saturated rings. The fourth-order valence-corrected chi connectivity index (χ4v) is 2.64. The Morgan fingerprint density at radius 2 is 2.25 bits per heavy atom. The second-order valence-electron chi connectivity index (χ2n) is 4.30. The normalized spacial score (nSPS) is 10.8. The van der Waals surface area contributed by atoms with E-state index in [4.69, 9.17) is 10.5 Å². The van der Waals surface area contributed by atoms with Crippen LogP contribution in [0.15, 0.2) is 46.8 Å². The zero-order chi connectivity index (χ0) is 13.9. The third kappa shape index (κ3) is 2.50. The lowest BCUT2D eigenvalue weighted by atomic mass is 10.3. The minimum atomic E-state index is -0.0348. The highest BCUT2D eigenvalue weighted by Crippen LogP contribution is 2.15. The maximum Gasteiger partial charge on any atom is 0.262 e. The van der Waals surface area contributed by atoms with Crippen LogP contribution in [0, 0.1) is 0 Å². The summed E-state index contributed by atoms with van der Waals surface area (Å²) in [5.74, 6) is 0.697. The third-order valence-electron chi connectivity index (χ3n) is 2.91. The molecule has 2 N–H and O–H groups in total. The van der Waals surface area contributed by atoms with Crippen molar-refractivity contribution in [3.8, 4) is 5.75 Å². The van der Waals surface area contributed by atoms with Gasteiger partial charge >= 0.3 is 0 Å². The molecular weight excluding hydrogens is 274 g/mol. The van der Waals surface area contributed by atoms with Crippen LogP contribution in [0.3, 0.4) is 0 Å². The Morgan fingerprint density at radius 3 is 3.10 bits per heavy atom. The highest BCUT2D eigenvalue weighted by atomic mass is 32.1. The third-order valence-corrected chi connectivity index (χ3v) is 3.73. The number of thiophene rings is 1. The van der Waals surface area contributed by atoms with Crippen LogP contribution in [0.2, 0.25) is 0 Å². The van der Waals surface area contributed by atoms with Crippen molar-refractivity contribution in [1.29, 1.82) is 0 Å². The minimum absolute atomic E-state index is 0.0348. The number of fused-ring (bicyclic) bond motifs is 1. The lowest BCUT2D eigenvalue weighted by Gasteiger charge is -2.08. The Kier molecular flexibility index (Phi) is 3.39. The van der Waals surface area contributed by atoms with Gasteiger partial charge in [0.1, 0.15) is 17.2 Å². The minimum Gasteiger partial charge on any atom is -0.492 e. The molecule has 0 spiro atoms. The summed E-state index contributed by atoms with van der Waals surface area (Å²) in [6.45, 7) is 0.840. The molecule has 0 aliphatic carbocycles. The summed E-state index contributed by atoms with van der Waals surface area (Å²) >= 11 is 1.46. The number of rotatable bonds is 4. The SMILES string of the molecule is Nc1cccc(OCCn2cnc3sccc3c2=O)c1. The number of hydrogen-bond donors (Lipinski definition) is 1. The first kappa shape index (κ1) is 12.7. The van der Waals surface area contributed by atoms with Gasteiger partial charge in [-0.1, -0.05) is 6.07 Å². The molecule has 20 heavy (non-hydrogen) atoms. The largest absolute Gasteiger partial charge is 0.492 e. The van der Waals surface area contributed by atoms with Crippen LogP contribution in [0.5, 0.6) is 5.75 Å². The zero-order valence-corrected chi connectivity index (χ0v) is 11.5. The van der Waals surface area contributed by atoms with Crippen molar-refractivity contribution in [3.05, 3.63) is 52.4 Å². The van der Waals surface area contributed by atoms with Gasteiger partial charge in [0.05, 0.1) is 18.3 Å². The lowest BCUT2D eigenvalue weighted by molar-refractivity contribution is 0.296. The van der Waals surface area contributed by atoms with Gasteiger partial charge in [-0.3, -0.25) is 9.36 Å². The smallest absolute Gasteiger partial charge is 0.262 e. The highest BCUT2D eigenvalue weighted by Gasteiger charge is 2.04. The van der Waals surface area contributed by atoms with Gasteiger partial charge in [-0.15, -0.1) is 11.3 Å². The average Bonchev–Trinajstić information content (AvgIpc) is 2.91. The van der Waals surface area contributed by atoms with E-state index in [9.17, 15) is 4.79 Å². The first-order chi connectivity index (χ1) is 9.74. The summed E-state index contributed by atoms with van der Waals surface area (Å²) in [7, 11) is 0. The fraction of sp³-hybridized carbons (Fsp3) is 0.143. The van der Waals surface area contributed by atoms with E-state index in [2.05, 4.69) is 4.98 Å². The summed E-state index contributed by atoms with van der Waals surface area (Å²) in [4.78, 5) is 17.2. The molecule has 0 radical (unpaired) electrons. The predicted octanol–water partition coefficient (Wildman–Crippen LogP) is 2.12. The molecule has 0 amide bonds. The summed E-state index contributed by atoms with van der Waals surface area (Å²) < 4.78 is 7.13. The topological polar surface area (TPSA) is 70.1 Å². The molecule has 0 aliphatic rings. The summed E-state index contributed by atoms with van der Waals surface area (Å²) in [5, 5.41) is 2.52. The monoisotopic (exact) mass is 287 g/mol. The maximum absolute atomic E-state index is 12.1. The van der Waals surface area contributed by atoms with Gasteiger partial charge in [-0.2, -0.15) is 0 Å². The molecular formula is C14H13N3O2S. The van der Waals surface area contributed by atoms with Crippen LogP contribution < -0.4 is 16.0 Å². The number of nitrogens with two attached hydrogens (primary N) is 1. The van der Waals surface area contributed by atoms with E-state index < -0.39 is 0 Å². The van der Waals surface area contributed by atoms with Crippen molar-refractivity contribution in [2.75, 3.05) is 12.3 Å². The molecule has 0 unspecified atom stereocenters. The van der Waals surface area contributed by atoms with Crippen molar-refractivity contribution in [1.82, 2.24) is 9.55 Å². The van der Waals surface area contributed by atoms with Crippen molar-refractivity contribution in [2.45, 2.75) is 6.54 Å². The van der Waals surface area contributed by atoms with Crippen molar-refractivity contribution >= 4 is 27.2 Å². The van der Waals surface area contributed by atoms with E-state index in [0.29, 0.717) is 30.0 Å². The van der Waals surface area contributed by atoms with E-state index in [-0.39, 0.29) is 5.56 Å². The Labute approximate surface area is 119 Å². The number of ether oxygens (including phenoxy) is 1. The van der Waals surface area contributed by atoms with Crippen molar-refractivity contribution < 1.29 is 4.74 Å². The quantitative estimate of drug-likeness (QED) is 0.746. The first-order valence-electron chi connectivity index (χ1n) is 6.15. The fourth-order valence-electron chi connectivity index (χ4n) is 1.92. The number of nitrogen functional groups attached to an aromatic ring is 1. The Bertz CT molecular complexity index is 794. The van der Waals surface area contributed by atoms with Gasteiger partial charge in [-0.25, -0.2) is 4.98 Å². The van der Waals surface area contributed by atoms with Crippen LogP contribution in [0.25, 0.3) is 10.2 Å². The van der Waals surface area contributed by atoms with Crippen LogP contribution in [0.4, 0.5) is 5.69 Å². The lowest BCUT2D eigenvalue weighted by Crippen LogP contribution is -2.23. The Balaban J connectivity index is 1.71. The average molecular weight is 287 g/mol. The Morgan fingerprint density at radius 1 is 1.35 bits per heavy atom. The molecule has 0 bridgehead atoms. The van der Waals surface area contributed by atoms with Crippen molar-refractivity contribution in [3.63, 3.8) is 0 Å². The number of benzene rings is 1. The standard InChI is InChI=1S/C14H13N3O2S/c15-10-2-1-3-11(8-10)19-6-5-17-9-16-13-12(14(17)18)4-7-20-13/h1-4,7-9H,5-6,15H2. The predicted molar refractivity (Wildman–Crippen MR) is 80.2 cm³/mol. The molecule has 0 saturated carbocycles. The van der Waals surface area contributed by atoms with Crippen molar-refractivity contribution in [2.24, 2.45) is 0 Å². The van der Waals surface area contributed by atoms with E-state index in [1.807, 2.05) is 17.5 Å². The summed E-state index contributed by atoms with van der Waals surface area (Å²) in [6.07, 6.45) is 1.56. The van der Waals surface area contributed by atoms with Gasteiger partial charge in [0.15, 0.2) is 0 Å². The molecule has 2 heterocycles. The molecule has 1 aromatic carbocycles. The molecule has 0 aliphatic heterocycles. The van der Waals surface area contributed by atoms with Gasteiger partial charge in [0.2, 0.25) is 0 Å². The highest BCUT2D eigenvalue weighted by molar-refractivity contribution is 7.16. The molecule has 102 valence electrons.